The van der Waals surface area contributed by atoms with Gasteiger partial charge in [-0.05, 0) is 67.6 Å². The maximum absolute atomic E-state index is 11.6. The Morgan fingerprint density at radius 3 is 2.39 bits per heavy atom. The summed E-state index contributed by atoms with van der Waals surface area (Å²) in [5.74, 6) is 1.51. The number of nitrogens with zero attached hydrogens (tertiary/aromatic N) is 6. The van der Waals surface area contributed by atoms with Gasteiger partial charge in [-0.1, -0.05) is 30.1 Å². The summed E-state index contributed by atoms with van der Waals surface area (Å²) in [7, 11) is 0. The lowest BCUT2D eigenvalue weighted by Crippen LogP contribution is -2.47. The van der Waals surface area contributed by atoms with Gasteiger partial charge in [0.1, 0.15) is 0 Å². The van der Waals surface area contributed by atoms with E-state index in [4.69, 9.17) is 38.0 Å². The molecular formula is C33H39Cl2N7O4. The van der Waals surface area contributed by atoms with E-state index in [2.05, 4.69) is 30.0 Å². The molecule has 0 bridgehead atoms. The number of piperazine rings is 1. The van der Waals surface area contributed by atoms with E-state index in [1.165, 1.54) is 0 Å². The average Bonchev–Trinajstić information content (AvgIpc) is 3.70. The topological polar surface area (TPSA) is 124 Å². The minimum absolute atomic E-state index is 0.0333. The first kappa shape index (κ1) is 32.4. The molecule has 2 aromatic heterocycles. The molecule has 2 saturated heterocycles. The molecule has 4 atom stereocenters. The summed E-state index contributed by atoms with van der Waals surface area (Å²) in [5.41, 5.74) is 2.53. The third kappa shape index (κ3) is 8.06. The predicted octanol–water partition coefficient (Wildman–Crippen LogP) is 4.83. The van der Waals surface area contributed by atoms with E-state index in [0.29, 0.717) is 58.1 Å². The Morgan fingerprint density at radius 2 is 1.72 bits per heavy atom. The summed E-state index contributed by atoms with van der Waals surface area (Å²) in [6.07, 6.45) is 5.02. The number of piperidine rings is 1. The summed E-state index contributed by atoms with van der Waals surface area (Å²) >= 11 is 12.7. The molecule has 1 amide bonds. The fourth-order valence-corrected chi connectivity index (χ4v) is 7.05. The highest BCUT2D eigenvalue weighted by Gasteiger charge is 2.52. The molecule has 13 heteroatoms. The number of hydrogen-bond acceptors (Lipinski definition) is 9. The monoisotopic (exact) mass is 667 g/mol. The number of amides is 1. The number of fused-ring (bicyclic) bond motifs is 1. The zero-order valence-electron chi connectivity index (χ0n) is 26.0. The summed E-state index contributed by atoms with van der Waals surface area (Å²) in [6, 6.07) is 9.63. The van der Waals surface area contributed by atoms with Crippen molar-refractivity contribution in [3.63, 3.8) is 0 Å². The van der Waals surface area contributed by atoms with E-state index >= 15 is 0 Å². The molecule has 2 N–H and O–H groups in total. The Labute approximate surface area is 278 Å². The summed E-state index contributed by atoms with van der Waals surface area (Å²) in [5, 5.41) is 13.3. The average molecular weight is 669 g/mol. The molecule has 6 rings (SSSR count). The fraction of sp³-hybridized carbons (Fsp3) is 0.485. The van der Waals surface area contributed by atoms with Crippen LogP contribution in [0.25, 0.3) is 11.3 Å². The molecule has 1 aliphatic carbocycles. The molecule has 1 unspecified atom stereocenters. The third-order valence-electron chi connectivity index (χ3n) is 9.17. The Morgan fingerprint density at radius 1 is 1.00 bits per heavy atom. The van der Waals surface area contributed by atoms with E-state index in [1.807, 2.05) is 24.3 Å². The number of carboxylic acid groups (broad SMARTS) is 1. The second kappa shape index (κ2) is 14.1. The van der Waals surface area contributed by atoms with E-state index in [1.54, 1.807) is 32.3 Å². The second-order valence-corrected chi connectivity index (χ2v) is 13.5. The lowest BCUT2D eigenvalue weighted by atomic mass is 10.1. The molecule has 0 radical (unpaired) electrons. The molecular weight excluding hydrogens is 629 g/mol. The van der Waals surface area contributed by atoms with Gasteiger partial charge in [0.05, 0.1) is 24.0 Å². The molecule has 3 aliphatic rings. The van der Waals surface area contributed by atoms with E-state index < -0.39 is 5.97 Å². The van der Waals surface area contributed by atoms with Crippen molar-refractivity contribution in [2.24, 2.45) is 17.8 Å². The number of benzene rings is 1. The van der Waals surface area contributed by atoms with Crippen molar-refractivity contribution in [1.82, 2.24) is 30.1 Å². The number of nitrogens with one attached hydrogen (secondary N) is 1. The number of carbonyl (C=O) groups excluding carboxylic acids is 1. The number of ether oxygens (including phenoxy) is 1. The number of aliphatic carboxylic acids is 1. The zero-order valence-corrected chi connectivity index (χ0v) is 27.5. The van der Waals surface area contributed by atoms with E-state index in [-0.39, 0.29) is 17.9 Å². The second-order valence-electron chi connectivity index (χ2n) is 12.6. The van der Waals surface area contributed by atoms with Crippen molar-refractivity contribution in [2.45, 2.75) is 39.3 Å². The number of hydrogen-bond donors (Lipinski definition) is 2. The molecule has 46 heavy (non-hydrogen) atoms. The molecule has 244 valence electrons. The molecule has 3 aromatic rings. The highest BCUT2D eigenvalue weighted by molar-refractivity contribution is 6.35. The van der Waals surface area contributed by atoms with Crippen LogP contribution < -0.4 is 15.0 Å². The molecule has 11 nitrogen and oxygen atoms in total. The highest BCUT2D eigenvalue weighted by Crippen LogP contribution is 2.45. The summed E-state index contributed by atoms with van der Waals surface area (Å²) in [4.78, 5) is 43.5. The van der Waals surface area contributed by atoms with Gasteiger partial charge in [-0.15, -0.1) is 0 Å². The number of pyridine rings is 1. The van der Waals surface area contributed by atoms with Crippen molar-refractivity contribution in [1.29, 1.82) is 0 Å². The quantitative estimate of drug-likeness (QED) is 0.294. The van der Waals surface area contributed by atoms with Gasteiger partial charge >= 0.3 is 5.97 Å². The SMILES string of the molecule is CC(=O)N[C@H]1[C@@H]2CCN(Cc3cc(Oc4cnc(N5CCN(CCC(C)C(=O)O)CC5)nc4)nc(-c4cc(Cl)cc(Cl)c4)c3)C[C@@H]21. The molecule has 1 aromatic carbocycles. The van der Waals surface area contributed by atoms with Gasteiger partial charge in [0.15, 0.2) is 5.75 Å². The van der Waals surface area contributed by atoms with Gasteiger partial charge < -0.3 is 20.1 Å². The lowest BCUT2D eigenvalue weighted by Gasteiger charge is -2.34. The van der Waals surface area contributed by atoms with Crippen LogP contribution in [0, 0.1) is 17.8 Å². The molecule has 0 spiro atoms. The third-order valence-corrected chi connectivity index (χ3v) is 9.60. The van der Waals surface area contributed by atoms with Crippen LogP contribution >= 0.6 is 23.2 Å². The number of rotatable bonds is 11. The first-order valence-corrected chi connectivity index (χ1v) is 16.5. The van der Waals surface area contributed by atoms with Crippen LogP contribution in [-0.4, -0.2) is 93.6 Å². The van der Waals surface area contributed by atoms with Gasteiger partial charge in [0.25, 0.3) is 0 Å². The Hall–Kier alpha value is -3.51. The van der Waals surface area contributed by atoms with Crippen molar-refractivity contribution in [3.8, 4) is 22.9 Å². The normalized spacial score (nSPS) is 22.2. The van der Waals surface area contributed by atoms with Crippen LogP contribution in [0.3, 0.4) is 0 Å². The first-order valence-electron chi connectivity index (χ1n) is 15.8. The smallest absolute Gasteiger partial charge is 0.306 e. The lowest BCUT2D eigenvalue weighted by molar-refractivity contribution is -0.141. The number of aromatic nitrogens is 3. The Kier molecular flexibility index (Phi) is 9.93. The summed E-state index contributed by atoms with van der Waals surface area (Å²) < 4.78 is 6.21. The standard InChI is InChI=1S/C33H39Cl2N7O4/c1-20(32(44)45)3-5-40-7-9-42(10-8-40)33-36-16-26(17-37-33)46-30-12-22(11-29(39-30)23-13-24(34)15-25(35)14-23)18-41-6-4-27-28(19-41)31(27)38-21(2)43/h11-17,20,27-28,31H,3-10,18-19H2,1-2H3,(H,38,43)(H,44,45)/t20?,27-,28+,31+/m1/s1. The van der Waals surface area contributed by atoms with E-state index in [9.17, 15) is 9.59 Å². The van der Waals surface area contributed by atoms with Crippen molar-refractivity contribution >= 4 is 41.0 Å². The maximum atomic E-state index is 11.6. The number of carbonyl (C=O) groups is 2. The minimum atomic E-state index is -0.752. The van der Waals surface area contributed by atoms with E-state index in [0.717, 1.165) is 63.4 Å². The fourth-order valence-electron chi connectivity index (χ4n) is 6.53. The molecule has 2 aliphatic heterocycles. The number of likely N-dealkylation sites (tertiary alicyclic amines) is 1. The number of anilines is 1. The van der Waals surface area contributed by atoms with Gasteiger partial charge in [0, 0.05) is 73.9 Å². The Balaban J connectivity index is 1.13. The summed E-state index contributed by atoms with van der Waals surface area (Å²) in [6.45, 7) is 9.88. The van der Waals surface area contributed by atoms with Gasteiger partial charge in [-0.2, -0.15) is 0 Å². The van der Waals surface area contributed by atoms with Crippen LogP contribution in [0.15, 0.2) is 42.7 Å². The Bertz CT molecular complexity index is 1550. The van der Waals surface area contributed by atoms with Crippen LogP contribution in [0.2, 0.25) is 10.0 Å². The van der Waals surface area contributed by atoms with Crippen LogP contribution in [-0.2, 0) is 16.1 Å². The van der Waals surface area contributed by atoms with Gasteiger partial charge in [0.2, 0.25) is 17.7 Å². The van der Waals surface area contributed by atoms with Crippen LogP contribution in [0.4, 0.5) is 5.95 Å². The van der Waals surface area contributed by atoms with Crippen molar-refractivity contribution < 1.29 is 19.4 Å². The number of halogens is 2. The minimum Gasteiger partial charge on any atom is -0.481 e. The van der Waals surface area contributed by atoms with Crippen LogP contribution in [0.1, 0.15) is 32.3 Å². The molecule has 4 heterocycles. The number of carboxylic acids is 1. The molecule has 3 fully saturated rings. The highest BCUT2D eigenvalue weighted by atomic mass is 35.5. The van der Waals surface area contributed by atoms with Crippen LogP contribution in [0.5, 0.6) is 11.6 Å². The van der Waals surface area contributed by atoms with Crippen molar-refractivity contribution in [3.05, 3.63) is 58.3 Å². The largest absolute Gasteiger partial charge is 0.481 e. The first-order chi connectivity index (χ1) is 22.1. The molecule has 1 saturated carbocycles. The predicted molar refractivity (Wildman–Crippen MR) is 176 cm³/mol. The maximum Gasteiger partial charge on any atom is 0.306 e. The van der Waals surface area contributed by atoms with Gasteiger partial charge in [-0.25, -0.2) is 15.0 Å². The zero-order chi connectivity index (χ0) is 32.4. The van der Waals surface area contributed by atoms with Gasteiger partial charge in [-0.3, -0.25) is 19.4 Å². The van der Waals surface area contributed by atoms with Crippen molar-refractivity contribution in [2.75, 3.05) is 50.7 Å².